The first kappa shape index (κ1) is 11.2. The fraction of sp³-hybridized carbons (Fsp3) is 0.615. The van der Waals surface area contributed by atoms with E-state index in [2.05, 4.69) is 6.92 Å². The summed E-state index contributed by atoms with van der Waals surface area (Å²) < 4.78 is 5.72. The van der Waals surface area contributed by atoms with Crippen LogP contribution in [0.2, 0.25) is 0 Å². The normalized spacial score (nSPS) is 25.4. The van der Waals surface area contributed by atoms with Crippen molar-refractivity contribution in [3.63, 3.8) is 0 Å². The van der Waals surface area contributed by atoms with Crippen LogP contribution in [0.25, 0.3) is 0 Å². The molecule has 1 aromatic rings. The molecule has 1 aliphatic carbocycles. The Labute approximate surface area is 95.5 Å². The SMILES string of the molecule is CC(CCc1ccc(C2CC2C)o1)C(=O)O. The molecule has 16 heavy (non-hydrogen) atoms. The fourth-order valence-corrected chi connectivity index (χ4v) is 1.93. The van der Waals surface area contributed by atoms with Gasteiger partial charge in [0.2, 0.25) is 0 Å². The van der Waals surface area contributed by atoms with Gasteiger partial charge in [0.1, 0.15) is 11.5 Å². The zero-order valence-corrected chi connectivity index (χ0v) is 9.77. The third-order valence-electron chi connectivity index (χ3n) is 3.40. The number of rotatable bonds is 5. The largest absolute Gasteiger partial charge is 0.481 e. The lowest BCUT2D eigenvalue weighted by Crippen LogP contribution is -2.09. The maximum atomic E-state index is 10.7. The standard InChI is InChI=1S/C13H18O3/c1-8(13(14)15)3-4-10-5-6-12(16-10)11-7-9(11)2/h5-6,8-9,11H,3-4,7H2,1-2H3,(H,14,15). The number of carboxylic acid groups (broad SMARTS) is 1. The van der Waals surface area contributed by atoms with E-state index in [0.29, 0.717) is 18.8 Å². The Bertz CT molecular complexity index is 380. The average Bonchev–Trinajstić information content (AvgIpc) is 2.80. The van der Waals surface area contributed by atoms with Gasteiger partial charge in [-0.1, -0.05) is 13.8 Å². The van der Waals surface area contributed by atoms with Crippen LogP contribution in [0.5, 0.6) is 0 Å². The molecule has 0 saturated heterocycles. The van der Waals surface area contributed by atoms with Crippen molar-refractivity contribution < 1.29 is 14.3 Å². The number of aliphatic carboxylic acids is 1. The average molecular weight is 222 g/mol. The van der Waals surface area contributed by atoms with Crippen molar-refractivity contribution in [2.45, 2.75) is 39.0 Å². The van der Waals surface area contributed by atoms with Crippen LogP contribution in [-0.2, 0) is 11.2 Å². The molecule has 3 unspecified atom stereocenters. The van der Waals surface area contributed by atoms with Crippen LogP contribution in [-0.4, -0.2) is 11.1 Å². The molecule has 3 heteroatoms. The molecule has 1 fully saturated rings. The first-order valence-corrected chi connectivity index (χ1v) is 5.89. The zero-order valence-electron chi connectivity index (χ0n) is 9.77. The fourth-order valence-electron chi connectivity index (χ4n) is 1.93. The molecule has 0 amide bonds. The Morgan fingerprint density at radius 3 is 2.88 bits per heavy atom. The van der Waals surface area contributed by atoms with Crippen molar-refractivity contribution >= 4 is 5.97 Å². The monoisotopic (exact) mass is 222 g/mol. The molecule has 1 saturated carbocycles. The van der Waals surface area contributed by atoms with Gasteiger partial charge in [0.15, 0.2) is 0 Å². The van der Waals surface area contributed by atoms with E-state index >= 15 is 0 Å². The summed E-state index contributed by atoms with van der Waals surface area (Å²) in [7, 11) is 0. The highest BCUT2D eigenvalue weighted by Gasteiger charge is 2.36. The number of hydrogen-bond donors (Lipinski definition) is 1. The first-order chi connectivity index (χ1) is 7.58. The van der Waals surface area contributed by atoms with E-state index in [1.807, 2.05) is 12.1 Å². The second-order valence-electron chi connectivity index (χ2n) is 4.90. The molecule has 0 aromatic carbocycles. The van der Waals surface area contributed by atoms with Crippen LogP contribution in [0.1, 0.15) is 44.1 Å². The minimum atomic E-state index is -0.734. The van der Waals surface area contributed by atoms with E-state index in [4.69, 9.17) is 9.52 Å². The molecule has 1 heterocycles. The van der Waals surface area contributed by atoms with Gasteiger partial charge < -0.3 is 9.52 Å². The van der Waals surface area contributed by atoms with Crippen molar-refractivity contribution in [1.82, 2.24) is 0 Å². The van der Waals surface area contributed by atoms with Crippen molar-refractivity contribution in [3.05, 3.63) is 23.7 Å². The van der Waals surface area contributed by atoms with Gasteiger partial charge in [0.05, 0.1) is 5.92 Å². The maximum Gasteiger partial charge on any atom is 0.306 e. The minimum Gasteiger partial charge on any atom is -0.481 e. The molecule has 88 valence electrons. The summed E-state index contributed by atoms with van der Waals surface area (Å²) in [4.78, 5) is 10.7. The zero-order chi connectivity index (χ0) is 11.7. The summed E-state index contributed by atoms with van der Waals surface area (Å²) in [6, 6.07) is 4.02. The van der Waals surface area contributed by atoms with Crippen molar-refractivity contribution in [3.8, 4) is 0 Å². The van der Waals surface area contributed by atoms with Gasteiger partial charge in [-0.2, -0.15) is 0 Å². The number of furan rings is 1. The van der Waals surface area contributed by atoms with Gasteiger partial charge in [-0.15, -0.1) is 0 Å². The molecule has 0 radical (unpaired) electrons. The molecular weight excluding hydrogens is 204 g/mol. The quantitative estimate of drug-likeness (QED) is 0.833. The lowest BCUT2D eigenvalue weighted by molar-refractivity contribution is -0.141. The van der Waals surface area contributed by atoms with Gasteiger partial charge in [0, 0.05) is 12.3 Å². The van der Waals surface area contributed by atoms with Crippen LogP contribution >= 0.6 is 0 Å². The topological polar surface area (TPSA) is 50.4 Å². The van der Waals surface area contributed by atoms with Gasteiger partial charge in [-0.05, 0) is 30.9 Å². The minimum absolute atomic E-state index is 0.298. The predicted molar refractivity (Wildman–Crippen MR) is 60.4 cm³/mol. The molecule has 0 spiro atoms. The smallest absolute Gasteiger partial charge is 0.306 e. The first-order valence-electron chi connectivity index (χ1n) is 5.89. The third kappa shape index (κ3) is 2.46. The summed E-state index contributed by atoms with van der Waals surface area (Å²) in [6.07, 6.45) is 2.58. The van der Waals surface area contributed by atoms with Gasteiger partial charge >= 0.3 is 5.97 Å². The Morgan fingerprint density at radius 2 is 2.31 bits per heavy atom. The van der Waals surface area contributed by atoms with E-state index in [-0.39, 0.29) is 5.92 Å². The highest BCUT2D eigenvalue weighted by Crippen LogP contribution is 2.47. The van der Waals surface area contributed by atoms with Gasteiger partial charge in [0.25, 0.3) is 0 Å². The van der Waals surface area contributed by atoms with Crippen LogP contribution < -0.4 is 0 Å². The van der Waals surface area contributed by atoms with Gasteiger partial charge in [-0.3, -0.25) is 4.79 Å². The second-order valence-corrected chi connectivity index (χ2v) is 4.90. The highest BCUT2D eigenvalue weighted by molar-refractivity contribution is 5.69. The Balaban J connectivity index is 1.86. The molecule has 1 aromatic heterocycles. The number of carboxylic acids is 1. The van der Waals surface area contributed by atoms with Crippen molar-refractivity contribution in [2.24, 2.45) is 11.8 Å². The summed E-state index contributed by atoms with van der Waals surface area (Å²) in [6.45, 7) is 3.95. The summed E-state index contributed by atoms with van der Waals surface area (Å²) >= 11 is 0. The van der Waals surface area contributed by atoms with Gasteiger partial charge in [-0.25, -0.2) is 0 Å². The summed E-state index contributed by atoms with van der Waals surface area (Å²) in [5.41, 5.74) is 0. The molecular formula is C13H18O3. The summed E-state index contributed by atoms with van der Waals surface area (Å²) in [5, 5.41) is 8.77. The molecule has 0 bridgehead atoms. The highest BCUT2D eigenvalue weighted by atomic mass is 16.4. The van der Waals surface area contributed by atoms with Crippen molar-refractivity contribution in [1.29, 1.82) is 0 Å². The second kappa shape index (κ2) is 4.32. The molecule has 1 aliphatic rings. The van der Waals surface area contributed by atoms with E-state index in [1.165, 1.54) is 6.42 Å². The molecule has 1 N–H and O–H groups in total. The third-order valence-corrected chi connectivity index (χ3v) is 3.40. The Kier molecular flexibility index (Phi) is 3.03. The predicted octanol–water partition coefficient (Wildman–Crippen LogP) is 3.06. The molecule has 0 aliphatic heterocycles. The van der Waals surface area contributed by atoms with E-state index in [9.17, 15) is 4.79 Å². The Morgan fingerprint density at radius 1 is 1.62 bits per heavy atom. The molecule has 2 rings (SSSR count). The number of carbonyl (C=O) groups is 1. The van der Waals surface area contributed by atoms with Crippen LogP contribution in [0.15, 0.2) is 16.5 Å². The number of hydrogen-bond acceptors (Lipinski definition) is 2. The lowest BCUT2D eigenvalue weighted by atomic mass is 10.1. The van der Waals surface area contributed by atoms with E-state index in [1.54, 1.807) is 6.92 Å². The summed E-state index contributed by atoms with van der Waals surface area (Å²) in [5.74, 6) is 2.31. The van der Waals surface area contributed by atoms with Crippen LogP contribution in [0.4, 0.5) is 0 Å². The molecule has 3 nitrogen and oxygen atoms in total. The van der Waals surface area contributed by atoms with E-state index in [0.717, 1.165) is 17.4 Å². The van der Waals surface area contributed by atoms with Crippen LogP contribution in [0, 0.1) is 11.8 Å². The molecule has 3 atom stereocenters. The maximum absolute atomic E-state index is 10.7. The van der Waals surface area contributed by atoms with Crippen molar-refractivity contribution in [2.75, 3.05) is 0 Å². The Hall–Kier alpha value is -1.25. The van der Waals surface area contributed by atoms with Crippen LogP contribution in [0.3, 0.4) is 0 Å². The lowest BCUT2D eigenvalue weighted by Gasteiger charge is -2.03. The number of aryl methyl sites for hydroxylation is 1. The van der Waals surface area contributed by atoms with E-state index < -0.39 is 5.97 Å².